The summed E-state index contributed by atoms with van der Waals surface area (Å²) in [5, 5.41) is 8.64. The number of hydrogen-bond donors (Lipinski definition) is 2. The molecule has 0 saturated carbocycles. The van der Waals surface area contributed by atoms with Crippen molar-refractivity contribution in [2.45, 2.75) is 20.4 Å². The van der Waals surface area contributed by atoms with E-state index in [0.29, 0.717) is 11.5 Å². The molecule has 0 radical (unpaired) electrons. The molecule has 1 aromatic carbocycles. The largest absolute Gasteiger partial charge is 0.361 e. The molecule has 0 aliphatic rings. The number of allylic oxidation sites excluding steroid dienone is 1. The Morgan fingerprint density at radius 3 is 2.48 bits per heavy atom. The van der Waals surface area contributed by atoms with Gasteiger partial charge in [0.05, 0.1) is 12.2 Å². The summed E-state index contributed by atoms with van der Waals surface area (Å²) in [7, 11) is 1.36. The third kappa shape index (κ3) is 4.84. The number of aliphatic imine (C=N–C) groups is 1. The molecule has 0 atom stereocenters. The lowest BCUT2D eigenvalue weighted by atomic mass is 10.1. The number of nitrogens with one attached hydrogen (secondary N) is 2. The fourth-order valence-corrected chi connectivity index (χ4v) is 2.27. The molecule has 9 heteroatoms. The van der Waals surface area contributed by atoms with Crippen molar-refractivity contribution in [2.24, 2.45) is 4.99 Å². The zero-order valence-corrected chi connectivity index (χ0v) is 15.0. The van der Waals surface area contributed by atoms with Crippen LogP contribution in [0.4, 0.5) is 8.78 Å². The molecule has 0 aliphatic heterocycles. The van der Waals surface area contributed by atoms with Gasteiger partial charge in [-0.3, -0.25) is 14.6 Å². The number of carbonyl (C=O) groups excluding carboxylic acids is 2. The second-order valence-electron chi connectivity index (χ2n) is 5.44. The molecule has 0 unspecified atom stereocenters. The van der Waals surface area contributed by atoms with Crippen LogP contribution in [0.1, 0.15) is 28.7 Å². The van der Waals surface area contributed by atoms with Gasteiger partial charge in [-0.2, -0.15) is 0 Å². The van der Waals surface area contributed by atoms with Gasteiger partial charge in [0.25, 0.3) is 11.8 Å². The van der Waals surface area contributed by atoms with E-state index in [-0.39, 0.29) is 18.0 Å². The van der Waals surface area contributed by atoms with Crippen molar-refractivity contribution < 1.29 is 22.9 Å². The minimum atomic E-state index is -1.03. The fourth-order valence-electron chi connectivity index (χ4n) is 2.27. The lowest BCUT2D eigenvalue weighted by Crippen LogP contribution is -2.38. The van der Waals surface area contributed by atoms with E-state index in [9.17, 15) is 18.4 Å². The summed E-state index contributed by atoms with van der Waals surface area (Å²) >= 11 is 0. The molecule has 0 bridgehead atoms. The van der Waals surface area contributed by atoms with Crippen molar-refractivity contribution >= 4 is 17.5 Å². The molecule has 2 rings (SSSR count). The monoisotopic (exact) mass is 376 g/mol. The van der Waals surface area contributed by atoms with Gasteiger partial charge >= 0.3 is 0 Å². The lowest BCUT2D eigenvalue weighted by Gasteiger charge is -2.12. The van der Waals surface area contributed by atoms with Crippen LogP contribution in [0.2, 0.25) is 0 Å². The zero-order chi connectivity index (χ0) is 20.0. The van der Waals surface area contributed by atoms with Crippen LogP contribution < -0.4 is 10.6 Å². The lowest BCUT2D eigenvalue weighted by molar-refractivity contribution is -0.114. The number of amides is 2. The normalized spacial score (nSPS) is 12.0. The molecule has 0 fully saturated rings. The highest BCUT2D eigenvalue weighted by molar-refractivity contribution is 6.45. The van der Waals surface area contributed by atoms with Crippen molar-refractivity contribution in [3.05, 3.63) is 64.7 Å². The standard InChI is InChI=1S/C18H18F2N4O3/c1-4-14(23-17(25)15-12(19)6-5-7-13(15)20)16(21-3)18(26)22-9-11-8-10(2)27-24-11/h4-8H,9H2,1-3H3,(H,22,26)(H,23,25)/b14-4+,21-16+. The van der Waals surface area contributed by atoms with Crippen LogP contribution in [0.25, 0.3) is 0 Å². The smallest absolute Gasteiger partial charge is 0.271 e. The Kier molecular flexibility index (Phi) is 6.53. The van der Waals surface area contributed by atoms with Gasteiger partial charge in [-0.25, -0.2) is 8.78 Å². The highest BCUT2D eigenvalue weighted by atomic mass is 19.1. The minimum Gasteiger partial charge on any atom is -0.361 e. The topological polar surface area (TPSA) is 96.6 Å². The Hall–Kier alpha value is -3.36. The van der Waals surface area contributed by atoms with Crippen molar-refractivity contribution in [1.29, 1.82) is 0 Å². The van der Waals surface area contributed by atoms with E-state index in [1.807, 2.05) is 0 Å². The molecule has 2 amide bonds. The number of benzene rings is 1. The van der Waals surface area contributed by atoms with E-state index in [4.69, 9.17) is 4.52 Å². The summed E-state index contributed by atoms with van der Waals surface area (Å²) in [5.74, 6) is -3.05. The molecular formula is C18H18F2N4O3. The van der Waals surface area contributed by atoms with Crippen LogP contribution in [0.3, 0.4) is 0 Å². The molecule has 27 heavy (non-hydrogen) atoms. The summed E-state index contributed by atoms with van der Waals surface area (Å²) in [6, 6.07) is 4.74. The van der Waals surface area contributed by atoms with Crippen LogP contribution in [0.15, 0.2) is 45.6 Å². The average Bonchev–Trinajstić information content (AvgIpc) is 3.04. The van der Waals surface area contributed by atoms with Gasteiger partial charge in [-0.05, 0) is 26.0 Å². The van der Waals surface area contributed by atoms with Gasteiger partial charge < -0.3 is 15.2 Å². The van der Waals surface area contributed by atoms with Gasteiger partial charge in [0, 0.05) is 13.1 Å². The van der Waals surface area contributed by atoms with E-state index in [0.717, 1.165) is 18.2 Å². The number of hydrogen-bond acceptors (Lipinski definition) is 5. The SMILES string of the molecule is C/C=C(NC(=O)c1c(F)cccc1F)\C(=N/C)C(=O)NCc1cc(C)on1. The summed E-state index contributed by atoms with van der Waals surface area (Å²) in [4.78, 5) is 28.5. The second kappa shape index (κ2) is 8.84. The maximum atomic E-state index is 13.8. The second-order valence-corrected chi connectivity index (χ2v) is 5.44. The number of rotatable bonds is 6. The molecule has 2 N–H and O–H groups in total. The zero-order valence-electron chi connectivity index (χ0n) is 15.0. The Morgan fingerprint density at radius 2 is 1.96 bits per heavy atom. The summed E-state index contributed by atoms with van der Waals surface area (Å²) in [5.41, 5.74) is -0.330. The van der Waals surface area contributed by atoms with E-state index >= 15 is 0 Å². The first kappa shape index (κ1) is 20.0. The van der Waals surface area contributed by atoms with Gasteiger partial charge in [0.2, 0.25) is 0 Å². The van der Waals surface area contributed by atoms with Gasteiger partial charge in [0.15, 0.2) is 0 Å². The van der Waals surface area contributed by atoms with Crippen molar-refractivity contribution in [1.82, 2.24) is 15.8 Å². The van der Waals surface area contributed by atoms with Crippen LogP contribution >= 0.6 is 0 Å². The van der Waals surface area contributed by atoms with Crippen LogP contribution in [0, 0.1) is 18.6 Å². The average molecular weight is 376 g/mol. The molecule has 0 saturated heterocycles. The minimum absolute atomic E-state index is 0.0130. The highest BCUT2D eigenvalue weighted by Crippen LogP contribution is 2.12. The number of aryl methyl sites for hydroxylation is 1. The summed E-state index contributed by atoms with van der Waals surface area (Å²) in [6.45, 7) is 3.35. The van der Waals surface area contributed by atoms with Crippen LogP contribution in [-0.2, 0) is 11.3 Å². The van der Waals surface area contributed by atoms with Gasteiger partial charge in [0.1, 0.15) is 34.4 Å². The molecule has 142 valence electrons. The van der Waals surface area contributed by atoms with E-state index in [2.05, 4.69) is 20.8 Å². The first-order valence-electron chi connectivity index (χ1n) is 7.96. The maximum absolute atomic E-state index is 13.8. The molecule has 0 spiro atoms. The van der Waals surface area contributed by atoms with Gasteiger partial charge in [-0.1, -0.05) is 17.3 Å². The molecule has 0 aliphatic carbocycles. The Bertz CT molecular complexity index is 899. The number of carbonyl (C=O) groups is 2. The molecule has 2 aromatic rings. The number of nitrogens with zero attached hydrogens (tertiary/aromatic N) is 2. The molecule has 7 nitrogen and oxygen atoms in total. The Balaban J connectivity index is 2.12. The van der Waals surface area contributed by atoms with Crippen LogP contribution in [-0.4, -0.2) is 29.7 Å². The highest BCUT2D eigenvalue weighted by Gasteiger charge is 2.22. The molecule has 1 heterocycles. The van der Waals surface area contributed by atoms with Gasteiger partial charge in [-0.15, -0.1) is 0 Å². The first-order chi connectivity index (χ1) is 12.9. The number of aromatic nitrogens is 1. The van der Waals surface area contributed by atoms with E-state index < -0.39 is 29.0 Å². The van der Waals surface area contributed by atoms with E-state index in [1.165, 1.54) is 13.1 Å². The third-order valence-electron chi connectivity index (χ3n) is 3.53. The summed E-state index contributed by atoms with van der Waals surface area (Å²) in [6.07, 6.45) is 1.40. The van der Waals surface area contributed by atoms with Crippen molar-refractivity contribution in [3.8, 4) is 0 Å². The molecule has 1 aromatic heterocycles. The fraction of sp³-hybridized carbons (Fsp3) is 0.222. The Labute approximate surface area is 154 Å². The first-order valence-corrected chi connectivity index (χ1v) is 7.96. The predicted octanol–water partition coefficient (Wildman–Crippen LogP) is 2.28. The summed E-state index contributed by atoms with van der Waals surface area (Å²) < 4.78 is 32.4. The maximum Gasteiger partial charge on any atom is 0.271 e. The van der Waals surface area contributed by atoms with Crippen LogP contribution in [0.5, 0.6) is 0 Å². The number of halogens is 2. The van der Waals surface area contributed by atoms with E-state index in [1.54, 1.807) is 19.9 Å². The van der Waals surface area contributed by atoms with Crippen molar-refractivity contribution in [3.63, 3.8) is 0 Å². The Morgan fingerprint density at radius 1 is 1.30 bits per heavy atom. The van der Waals surface area contributed by atoms with Crippen molar-refractivity contribution in [2.75, 3.05) is 7.05 Å². The molecular weight excluding hydrogens is 358 g/mol. The predicted molar refractivity (Wildman–Crippen MR) is 94.0 cm³/mol. The quantitative estimate of drug-likeness (QED) is 0.756. The third-order valence-corrected chi connectivity index (χ3v) is 3.53.